The first-order valence-corrected chi connectivity index (χ1v) is 11.1. The van der Waals surface area contributed by atoms with Crippen LogP contribution >= 0.6 is 35.0 Å². The van der Waals surface area contributed by atoms with Gasteiger partial charge in [0.2, 0.25) is 0 Å². The number of anilines is 1. The lowest BCUT2D eigenvalue weighted by molar-refractivity contribution is 0.226. The van der Waals surface area contributed by atoms with Crippen molar-refractivity contribution in [3.63, 3.8) is 0 Å². The Morgan fingerprint density at radius 3 is 2.20 bits per heavy atom. The van der Waals surface area contributed by atoms with E-state index in [4.69, 9.17) is 28.2 Å². The Morgan fingerprint density at radius 1 is 0.867 bits per heavy atom. The van der Waals surface area contributed by atoms with Gasteiger partial charge in [-0.1, -0.05) is 95.6 Å². The molecule has 2 amide bonds. The fourth-order valence-corrected chi connectivity index (χ4v) is 4.35. The number of halogens is 2. The number of hydrogen-bond donors (Lipinski definition) is 0. The molecule has 0 bridgehead atoms. The number of aliphatic imine (C=N–C) groups is 1. The van der Waals surface area contributed by atoms with Crippen LogP contribution in [0.2, 0.25) is 10.0 Å². The molecule has 0 spiro atoms. The average Bonchev–Trinajstić information content (AvgIpc) is 2.78. The number of rotatable bonds is 5. The van der Waals surface area contributed by atoms with Crippen molar-refractivity contribution in [2.75, 3.05) is 10.8 Å². The molecule has 1 saturated heterocycles. The Bertz CT molecular complexity index is 1060. The molecule has 1 aliphatic rings. The maximum atomic E-state index is 13.4. The van der Waals surface area contributed by atoms with Gasteiger partial charge in [-0.3, -0.25) is 14.8 Å². The maximum absolute atomic E-state index is 13.4. The minimum atomic E-state index is -0.136. The summed E-state index contributed by atoms with van der Waals surface area (Å²) in [5, 5.41) is 1.60. The van der Waals surface area contributed by atoms with E-state index in [1.165, 1.54) is 11.8 Å². The van der Waals surface area contributed by atoms with E-state index < -0.39 is 0 Å². The van der Waals surface area contributed by atoms with Crippen molar-refractivity contribution < 1.29 is 4.79 Å². The molecular formula is C23H19Cl2N3OS. The molecule has 152 valence electrons. The van der Waals surface area contributed by atoms with E-state index in [0.717, 1.165) is 11.1 Å². The number of benzene rings is 3. The smallest absolute Gasteiger partial charge is 0.284 e. The van der Waals surface area contributed by atoms with Gasteiger partial charge in [0.1, 0.15) is 0 Å². The van der Waals surface area contributed by atoms with Crippen LogP contribution in [-0.4, -0.2) is 22.0 Å². The minimum Gasteiger partial charge on any atom is -0.284 e. The van der Waals surface area contributed by atoms with Crippen LogP contribution in [0.1, 0.15) is 11.1 Å². The lowest BCUT2D eigenvalue weighted by atomic mass is 10.2. The summed E-state index contributed by atoms with van der Waals surface area (Å²) < 4.78 is 0. The van der Waals surface area contributed by atoms with Gasteiger partial charge >= 0.3 is 6.03 Å². The predicted octanol–water partition coefficient (Wildman–Crippen LogP) is 6.68. The van der Waals surface area contributed by atoms with Gasteiger partial charge in [-0.15, -0.1) is 0 Å². The highest BCUT2D eigenvalue weighted by molar-refractivity contribution is 8.14. The molecule has 0 radical (unpaired) electrons. The lowest BCUT2D eigenvalue weighted by Crippen LogP contribution is -2.49. The van der Waals surface area contributed by atoms with E-state index in [2.05, 4.69) is 0 Å². The van der Waals surface area contributed by atoms with Crippen molar-refractivity contribution in [2.24, 2.45) is 4.99 Å². The number of urea groups is 1. The van der Waals surface area contributed by atoms with E-state index in [-0.39, 0.29) is 6.03 Å². The number of carbonyl (C=O) groups is 1. The number of thioether (sulfide) groups is 1. The van der Waals surface area contributed by atoms with Gasteiger partial charge in [-0.25, -0.2) is 4.79 Å². The van der Waals surface area contributed by atoms with Crippen molar-refractivity contribution in [3.8, 4) is 0 Å². The van der Waals surface area contributed by atoms with Crippen molar-refractivity contribution in [1.29, 1.82) is 0 Å². The zero-order chi connectivity index (χ0) is 20.9. The molecule has 1 aliphatic heterocycles. The second kappa shape index (κ2) is 9.56. The van der Waals surface area contributed by atoms with Crippen LogP contribution in [0.15, 0.2) is 83.9 Å². The molecule has 30 heavy (non-hydrogen) atoms. The third kappa shape index (κ3) is 4.81. The number of nitrogens with zero attached hydrogens (tertiary/aromatic N) is 3. The van der Waals surface area contributed by atoms with E-state index in [9.17, 15) is 4.79 Å². The van der Waals surface area contributed by atoms with Gasteiger partial charge < -0.3 is 0 Å². The quantitative estimate of drug-likeness (QED) is 0.429. The van der Waals surface area contributed by atoms with Crippen LogP contribution < -0.4 is 4.90 Å². The van der Waals surface area contributed by atoms with Gasteiger partial charge in [0.15, 0.2) is 5.17 Å². The van der Waals surface area contributed by atoms with Gasteiger partial charge in [-0.05, 0) is 29.3 Å². The maximum Gasteiger partial charge on any atom is 0.331 e. The summed E-state index contributed by atoms with van der Waals surface area (Å²) in [6, 6.07) is 25.0. The predicted molar refractivity (Wildman–Crippen MR) is 126 cm³/mol. The van der Waals surface area contributed by atoms with Gasteiger partial charge in [0.05, 0.1) is 29.0 Å². The molecule has 0 N–H and O–H groups in total. The molecule has 0 saturated carbocycles. The first-order valence-electron chi connectivity index (χ1n) is 9.41. The van der Waals surface area contributed by atoms with Crippen LogP contribution in [-0.2, 0) is 13.1 Å². The number of hydrogen-bond acceptors (Lipinski definition) is 3. The fraction of sp³-hybridized carbons (Fsp3) is 0.130. The zero-order valence-corrected chi connectivity index (χ0v) is 18.4. The van der Waals surface area contributed by atoms with Gasteiger partial charge in [0.25, 0.3) is 0 Å². The Balaban J connectivity index is 1.62. The van der Waals surface area contributed by atoms with Gasteiger partial charge in [0, 0.05) is 5.69 Å². The number of carbonyl (C=O) groups excluding carboxylic acids is 1. The highest BCUT2D eigenvalue weighted by Gasteiger charge is 2.32. The SMILES string of the molecule is O=C1N(Cc2ccccc2)C(=NCc2ccccc2)SCN1c1ccc(Cl)c(Cl)c1. The van der Waals surface area contributed by atoms with Crippen molar-refractivity contribution >= 4 is 51.8 Å². The molecule has 1 fully saturated rings. The van der Waals surface area contributed by atoms with Crippen molar-refractivity contribution in [2.45, 2.75) is 13.1 Å². The molecule has 0 atom stereocenters. The number of amidine groups is 1. The Morgan fingerprint density at radius 2 is 1.53 bits per heavy atom. The third-order valence-electron chi connectivity index (χ3n) is 4.65. The summed E-state index contributed by atoms with van der Waals surface area (Å²) >= 11 is 13.8. The third-order valence-corrected chi connectivity index (χ3v) is 6.39. The van der Waals surface area contributed by atoms with Crippen molar-refractivity contribution in [1.82, 2.24) is 4.90 Å². The summed E-state index contributed by atoms with van der Waals surface area (Å²) in [7, 11) is 0. The van der Waals surface area contributed by atoms with Crippen LogP contribution in [0, 0.1) is 0 Å². The topological polar surface area (TPSA) is 35.9 Å². The first-order chi connectivity index (χ1) is 14.6. The highest BCUT2D eigenvalue weighted by Crippen LogP contribution is 2.32. The summed E-state index contributed by atoms with van der Waals surface area (Å²) in [5.74, 6) is 0.454. The largest absolute Gasteiger partial charge is 0.331 e. The molecule has 0 aromatic heterocycles. The van der Waals surface area contributed by atoms with Crippen LogP contribution in [0.3, 0.4) is 0 Å². The Labute approximate surface area is 190 Å². The minimum absolute atomic E-state index is 0.136. The van der Waals surface area contributed by atoms with E-state index in [0.29, 0.717) is 39.9 Å². The zero-order valence-electron chi connectivity index (χ0n) is 16.0. The summed E-state index contributed by atoms with van der Waals surface area (Å²) in [6.45, 7) is 0.965. The second-order valence-corrected chi connectivity index (χ2v) is 8.47. The molecule has 0 aliphatic carbocycles. The van der Waals surface area contributed by atoms with Crippen molar-refractivity contribution in [3.05, 3.63) is 100 Å². The standard InChI is InChI=1S/C23H19Cl2N3OS/c24-20-12-11-19(13-21(20)25)28-16-30-22(26-14-17-7-3-1-4-8-17)27(23(28)29)15-18-9-5-2-6-10-18/h1-13H,14-16H2. The highest BCUT2D eigenvalue weighted by atomic mass is 35.5. The molecule has 7 heteroatoms. The molecular weight excluding hydrogens is 437 g/mol. The first kappa shape index (κ1) is 20.8. The van der Waals surface area contributed by atoms with E-state index in [1.54, 1.807) is 28.0 Å². The van der Waals surface area contributed by atoms with Crippen LogP contribution in [0.4, 0.5) is 10.5 Å². The molecule has 4 rings (SSSR count). The molecule has 3 aromatic carbocycles. The molecule has 1 heterocycles. The Hall–Kier alpha value is -2.47. The summed E-state index contributed by atoms with van der Waals surface area (Å²) in [4.78, 5) is 21.6. The van der Waals surface area contributed by atoms with E-state index >= 15 is 0 Å². The lowest BCUT2D eigenvalue weighted by Gasteiger charge is -2.36. The van der Waals surface area contributed by atoms with Gasteiger partial charge in [-0.2, -0.15) is 0 Å². The molecule has 3 aromatic rings. The molecule has 0 unspecified atom stereocenters. The summed E-state index contributed by atoms with van der Waals surface area (Å²) in [6.07, 6.45) is 0. The van der Waals surface area contributed by atoms with Crippen LogP contribution in [0.25, 0.3) is 0 Å². The normalized spacial score (nSPS) is 15.7. The van der Waals surface area contributed by atoms with E-state index in [1.807, 2.05) is 60.7 Å². The summed E-state index contributed by atoms with van der Waals surface area (Å²) in [5.41, 5.74) is 2.85. The fourth-order valence-electron chi connectivity index (χ4n) is 3.10. The average molecular weight is 456 g/mol. The second-order valence-electron chi connectivity index (χ2n) is 6.74. The monoisotopic (exact) mass is 455 g/mol. The number of amides is 2. The van der Waals surface area contributed by atoms with Crippen LogP contribution in [0.5, 0.6) is 0 Å². The Kier molecular flexibility index (Phi) is 6.62. The molecule has 4 nitrogen and oxygen atoms in total.